The van der Waals surface area contributed by atoms with Gasteiger partial charge in [0, 0.05) is 26.2 Å². The standard InChI is InChI=1S/C16H33NO2/c1-6-13(2)17(9-10-19-5)12-14-11-16(3,4)8-7-15(14)18/h13-15,18H,6-12H2,1-5H3. The smallest absolute Gasteiger partial charge is 0.0589 e. The SMILES string of the molecule is CCC(C)N(CCOC)CC1CC(C)(C)CCC1O. The first-order valence-corrected chi connectivity index (χ1v) is 7.80. The van der Waals surface area contributed by atoms with Gasteiger partial charge in [0.05, 0.1) is 12.7 Å². The lowest BCUT2D eigenvalue weighted by molar-refractivity contribution is -0.00594. The van der Waals surface area contributed by atoms with Gasteiger partial charge in [0.15, 0.2) is 0 Å². The minimum Gasteiger partial charge on any atom is -0.393 e. The monoisotopic (exact) mass is 271 g/mol. The van der Waals surface area contributed by atoms with Crippen molar-refractivity contribution in [2.24, 2.45) is 11.3 Å². The molecule has 0 aromatic rings. The third-order valence-corrected chi connectivity index (χ3v) is 4.74. The van der Waals surface area contributed by atoms with Crippen molar-refractivity contribution >= 4 is 0 Å². The molecule has 19 heavy (non-hydrogen) atoms. The van der Waals surface area contributed by atoms with E-state index in [2.05, 4.69) is 32.6 Å². The highest BCUT2D eigenvalue weighted by atomic mass is 16.5. The van der Waals surface area contributed by atoms with Gasteiger partial charge in [-0.1, -0.05) is 20.8 Å². The maximum atomic E-state index is 10.3. The molecule has 3 nitrogen and oxygen atoms in total. The summed E-state index contributed by atoms with van der Waals surface area (Å²) in [5.74, 6) is 0.412. The van der Waals surface area contributed by atoms with Crippen molar-refractivity contribution in [3.05, 3.63) is 0 Å². The second-order valence-corrected chi connectivity index (χ2v) is 6.98. The Kier molecular flexibility index (Phi) is 6.78. The Morgan fingerprint density at radius 2 is 2.11 bits per heavy atom. The van der Waals surface area contributed by atoms with Crippen molar-refractivity contribution in [3.8, 4) is 0 Å². The number of methoxy groups -OCH3 is 1. The van der Waals surface area contributed by atoms with Crippen LogP contribution in [0.25, 0.3) is 0 Å². The molecule has 0 saturated heterocycles. The molecule has 1 rings (SSSR count). The van der Waals surface area contributed by atoms with Gasteiger partial charge in [-0.3, -0.25) is 4.90 Å². The highest BCUT2D eigenvalue weighted by Gasteiger charge is 2.35. The van der Waals surface area contributed by atoms with Crippen molar-refractivity contribution in [3.63, 3.8) is 0 Å². The summed E-state index contributed by atoms with van der Waals surface area (Å²) in [5, 5.41) is 10.3. The molecular weight excluding hydrogens is 238 g/mol. The van der Waals surface area contributed by atoms with Gasteiger partial charge < -0.3 is 9.84 Å². The van der Waals surface area contributed by atoms with Crippen molar-refractivity contribution in [1.29, 1.82) is 0 Å². The van der Waals surface area contributed by atoms with Crippen molar-refractivity contribution < 1.29 is 9.84 Å². The van der Waals surface area contributed by atoms with E-state index in [-0.39, 0.29) is 6.10 Å². The van der Waals surface area contributed by atoms with Crippen LogP contribution in [-0.4, -0.2) is 49.0 Å². The first kappa shape index (κ1) is 16.9. The highest BCUT2D eigenvalue weighted by molar-refractivity contribution is 4.87. The summed E-state index contributed by atoms with van der Waals surface area (Å²) >= 11 is 0. The molecule has 1 saturated carbocycles. The van der Waals surface area contributed by atoms with E-state index in [1.54, 1.807) is 7.11 Å². The minimum absolute atomic E-state index is 0.123. The lowest BCUT2D eigenvalue weighted by Gasteiger charge is -2.42. The zero-order valence-electron chi connectivity index (χ0n) is 13.5. The summed E-state index contributed by atoms with van der Waals surface area (Å²) in [6, 6.07) is 0.562. The summed E-state index contributed by atoms with van der Waals surface area (Å²) in [6.07, 6.45) is 4.26. The molecule has 0 radical (unpaired) electrons. The molecular formula is C16H33NO2. The van der Waals surface area contributed by atoms with E-state index >= 15 is 0 Å². The van der Waals surface area contributed by atoms with E-state index in [1.165, 1.54) is 0 Å². The number of aliphatic hydroxyl groups excluding tert-OH is 1. The molecule has 0 aliphatic heterocycles. The molecule has 3 heteroatoms. The normalized spacial score (nSPS) is 28.6. The molecule has 1 aliphatic rings. The fourth-order valence-electron chi connectivity index (χ4n) is 3.17. The molecule has 0 amide bonds. The average Bonchev–Trinajstić information content (AvgIpc) is 2.37. The number of hydrogen-bond acceptors (Lipinski definition) is 3. The van der Waals surface area contributed by atoms with E-state index < -0.39 is 0 Å². The van der Waals surface area contributed by atoms with Crippen LogP contribution in [0, 0.1) is 11.3 Å². The Morgan fingerprint density at radius 1 is 1.42 bits per heavy atom. The number of ether oxygens (including phenoxy) is 1. The maximum Gasteiger partial charge on any atom is 0.0589 e. The third-order valence-electron chi connectivity index (χ3n) is 4.74. The molecule has 1 N–H and O–H groups in total. The maximum absolute atomic E-state index is 10.3. The molecule has 0 heterocycles. The van der Waals surface area contributed by atoms with Gasteiger partial charge in [-0.05, 0) is 43.9 Å². The van der Waals surface area contributed by atoms with Gasteiger partial charge in [0.1, 0.15) is 0 Å². The predicted molar refractivity (Wildman–Crippen MR) is 80.3 cm³/mol. The Hall–Kier alpha value is -0.120. The van der Waals surface area contributed by atoms with Crippen LogP contribution in [0.15, 0.2) is 0 Å². The van der Waals surface area contributed by atoms with Gasteiger partial charge in [0.25, 0.3) is 0 Å². The summed E-state index contributed by atoms with van der Waals surface area (Å²) in [5.41, 5.74) is 0.381. The third kappa shape index (κ3) is 5.41. The van der Waals surface area contributed by atoms with Crippen LogP contribution in [0.3, 0.4) is 0 Å². The molecule has 0 bridgehead atoms. The largest absolute Gasteiger partial charge is 0.393 e. The first-order chi connectivity index (χ1) is 8.89. The lowest BCUT2D eigenvalue weighted by Crippen LogP contribution is -2.45. The summed E-state index contributed by atoms with van der Waals surface area (Å²) in [7, 11) is 1.76. The van der Waals surface area contributed by atoms with Crippen LogP contribution >= 0.6 is 0 Å². The second-order valence-electron chi connectivity index (χ2n) is 6.98. The zero-order chi connectivity index (χ0) is 14.5. The van der Waals surface area contributed by atoms with Crippen molar-refractivity contribution in [2.75, 3.05) is 26.8 Å². The average molecular weight is 271 g/mol. The molecule has 114 valence electrons. The van der Waals surface area contributed by atoms with Crippen LogP contribution in [0.5, 0.6) is 0 Å². The van der Waals surface area contributed by atoms with Gasteiger partial charge in [-0.25, -0.2) is 0 Å². The fourth-order valence-corrected chi connectivity index (χ4v) is 3.17. The molecule has 3 unspecified atom stereocenters. The Balaban J connectivity index is 2.60. The van der Waals surface area contributed by atoms with Crippen molar-refractivity contribution in [2.45, 2.75) is 65.5 Å². The Labute approximate surface area is 119 Å². The van der Waals surface area contributed by atoms with Crippen LogP contribution in [0.1, 0.15) is 53.4 Å². The number of nitrogens with zero attached hydrogens (tertiary/aromatic N) is 1. The van der Waals surface area contributed by atoms with E-state index in [0.29, 0.717) is 17.4 Å². The quantitative estimate of drug-likeness (QED) is 0.773. The van der Waals surface area contributed by atoms with E-state index in [9.17, 15) is 5.11 Å². The van der Waals surface area contributed by atoms with E-state index in [1.807, 2.05) is 0 Å². The topological polar surface area (TPSA) is 32.7 Å². The fraction of sp³-hybridized carbons (Fsp3) is 1.00. The van der Waals surface area contributed by atoms with E-state index in [0.717, 1.165) is 45.4 Å². The van der Waals surface area contributed by atoms with Crippen molar-refractivity contribution in [1.82, 2.24) is 4.90 Å². The van der Waals surface area contributed by atoms with Crippen LogP contribution in [0.2, 0.25) is 0 Å². The molecule has 3 atom stereocenters. The van der Waals surface area contributed by atoms with Crippen LogP contribution in [0.4, 0.5) is 0 Å². The molecule has 1 fully saturated rings. The van der Waals surface area contributed by atoms with Gasteiger partial charge in [0.2, 0.25) is 0 Å². The van der Waals surface area contributed by atoms with Crippen LogP contribution < -0.4 is 0 Å². The summed E-state index contributed by atoms with van der Waals surface area (Å²) < 4.78 is 5.22. The van der Waals surface area contributed by atoms with Crippen LogP contribution in [-0.2, 0) is 4.74 Å². The van der Waals surface area contributed by atoms with Gasteiger partial charge in [-0.2, -0.15) is 0 Å². The number of aliphatic hydroxyl groups is 1. The second kappa shape index (κ2) is 7.61. The lowest BCUT2D eigenvalue weighted by atomic mass is 9.70. The minimum atomic E-state index is -0.123. The van der Waals surface area contributed by atoms with Gasteiger partial charge >= 0.3 is 0 Å². The molecule has 1 aliphatic carbocycles. The Morgan fingerprint density at radius 3 is 2.68 bits per heavy atom. The Bertz CT molecular complexity index is 255. The molecule has 0 spiro atoms. The predicted octanol–water partition coefficient (Wildman–Crippen LogP) is 2.92. The highest BCUT2D eigenvalue weighted by Crippen LogP contribution is 2.39. The number of rotatable bonds is 7. The van der Waals surface area contributed by atoms with E-state index in [4.69, 9.17) is 4.74 Å². The summed E-state index contributed by atoms with van der Waals surface area (Å²) in [4.78, 5) is 2.48. The molecule has 0 aromatic heterocycles. The zero-order valence-corrected chi connectivity index (χ0v) is 13.5. The molecule has 0 aromatic carbocycles. The first-order valence-electron chi connectivity index (χ1n) is 7.80. The number of hydrogen-bond donors (Lipinski definition) is 1. The van der Waals surface area contributed by atoms with Gasteiger partial charge in [-0.15, -0.1) is 0 Å². The summed E-state index contributed by atoms with van der Waals surface area (Å²) in [6.45, 7) is 11.9.